The van der Waals surface area contributed by atoms with Crippen molar-refractivity contribution >= 4 is 5.71 Å². The van der Waals surface area contributed by atoms with Gasteiger partial charge in [0.15, 0.2) is 0 Å². The summed E-state index contributed by atoms with van der Waals surface area (Å²) >= 11 is 0. The van der Waals surface area contributed by atoms with Crippen molar-refractivity contribution in [1.82, 2.24) is 5.43 Å². The maximum absolute atomic E-state index is 3.88. The Hall–Kier alpha value is -0.790. The molecule has 0 aliphatic carbocycles. The van der Waals surface area contributed by atoms with E-state index in [0.717, 1.165) is 17.8 Å². The summed E-state index contributed by atoms with van der Waals surface area (Å²) in [7, 11) is 0. The maximum atomic E-state index is 3.88. The fourth-order valence-corrected chi connectivity index (χ4v) is 0.562. The van der Waals surface area contributed by atoms with Crippen LogP contribution in [0.2, 0.25) is 0 Å². The molecule has 1 aliphatic rings. The van der Waals surface area contributed by atoms with Gasteiger partial charge in [-0.1, -0.05) is 6.58 Å². The van der Waals surface area contributed by atoms with Crippen LogP contribution in [0, 0.1) is 0 Å². The van der Waals surface area contributed by atoms with Crippen LogP contribution in [0.25, 0.3) is 0 Å². The van der Waals surface area contributed by atoms with E-state index in [1.807, 2.05) is 6.92 Å². The van der Waals surface area contributed by atoms with E-state index >= 15 is 0 Å². The summed E-state index contributed by atoms with van der Waals surface area (Å²) in [5.74, 6) is 0. The second kappa shape index (κ2) is 1.37. The molecular weight excluding hydrogens is 88.1 g/mol. The minimum atomic E-state index is 0.917. The smallest absolute Gasteiger partial charge is 0.0410 e. The third-order valence-electron chi connectivity index (χ3n) is 0.874. The molecule has 1 heterocycles. The highest BCUT2D eigenvalue weighted by Gasteiger charge is 2.01. The topological polar surface area (TPSA) is 24.4 Å². The highest BCUT2D eigenvalue weighted by Crippen LogP contribution is 2.01. The Bertz CT molecular complexity index is 124. The van der Waals surface area contributed by atoms with Gasteiger partial charge < -0.3 is 0 Å². The first-order valence-electron chi connectivity index (χ1n) is 2.26. The van der Waals surface area contributed by atoms with Crippen LogP contribution < -0.4 is 5.43 Å². The molecule has 0 bridgehead atoms. The van der Waals surface area contributed by atoms with Gasteiger partial charge >= 0.3 is 0 Å². The van der Waals surface area contributed by atoms with Crippen LogP contribution in [0.4, 0.5) is 0 Å². The number of hydrogen-bond donors (Lipinski definition) is 1. The van der Waals surface area contributed by atoms with Crippen molar-refractivity contribution < 1.29 is 0 Å². The SMILES string of the molecule is C=C1CC(C)=NN1. The average molecular weight is 96.1 g/mol. The Morgan fingerprint density at radius 1 is 1.86 bits per heavy atom. The van der Waals surface area contributed by atoms with Crippen molar-refractivity contribution in [2.24, 2.45) is 5.10 Å². The van der Waals surface area contributed by atoms with Crippen molar-refractivity contribution in [2.75, 3.05) is 0 Å². The summed E-state index contributed by atoms with van der Waals surface area (Å²) < 4.78 is 0. The first-order chi connectivity index (χ1) is 3.29. The quantitative estimate of drug-likeness (QED) is 0.475. The predicted molar refractivity (Wildman–Crippen MR) is 30.0 cm³/mol. The second-order valence-electron chi connectivity index (χ2n) is 1.74. The molecule has 0 atom stereocenters. The Balaban J connectivity index is 2.58. The van der Waals surface area contributed by atoms with Crippen molar-refractivity contribution in [3.8, 4) is 0 Å². The average Bonchev–Trinajstić information content (AvgIpc) is 1.87. The zero-order valence-electron chi connectivity index (χ0n) is 4.36. The molecule has 0 radical (unpaired) electrons. The van der Waals surface area contributed by atoms with Gasteiger partial charge in [-0.25, -0.2) is 0 Å². The molecule has 0 amide bonds. The van der Waals surface area contributed by atoms with E-state index in [1.54, 1.807) is 0 Å². The van der Waals surface area contributed by atoms with E-state index < -0.39 is 0 Å². The van der Waals surface area contributed by atoms with Gasteiger partial charge in [-0.2, -0.15) is 5.10 Å². The van der Waals surface area contributed by atoms with Gasteiger partial charge in [-0.15, -0.1) is 0 Å². The number of allylic oxidation sites excluding steroid dienone is 1. The molecule has 7 heavy (non-hydrogen) atoms. The van der Waals surface area contributed by atoms with Crippen molar-refractivity contribution in [2.45, 2.75) is 13.3 Å². The monoisotopic (exact) mass is 96.1 g/mol. The number of rotatable bonds is 0. The third-order valence-corrected chi connectivity index (χ3v) is 0.874. The van der Waals surface area contributed by atoms with Gasteiger partial charge in [0.25, 0.3) is 0 Å². The molecule has 1 N–H and O–H groups in total. The molecule has 1 aliphatic heterocycles. The zero-order chi connectivity index (χ0) is 5.28. The fourth-order valence-electron chi connectivity index (χ4n) is 0.562. The van der Waals surface area contributed by atoms with Crippen LogP contribution in [0.1, 0.15) is 13.3 Å². The Morgan fingerprint density at radius 2 is 2.57 bits per heavy atom. The fraction of sp³-hybridized carbons (Fsp3) is 0.400. The predicted octanol–water partition coefficient (Wildman–Crippen LogP) is 0.869. The van der Waals surface area contributed by atoms with Crippen molar-refractivity contribution in [3.63, 3.8) is 0 Å². The standard InChI is InChI=1S/C5H8N2/c1-4-3-5(2)7-6-4/h6H,1,3H2,2H3. The summed E-state index contributed by atoms with van der Waals surface area (Å²) in [5, 5.41) is 3.88. The lowest BCUT2D eigenvalue weighted by molar-refractivity contribution is 0.931. The van der Waals surface area contributed by atoms with E-state index in [0.29, 0.717) is 0 Å². The first-order valence-corrected chi connectivity index (χ1v) is 2.26. The summed E-state index contributed by atoms with van der Waals surface area (Å²) in [6.45, 7) is 5.66. The summed E-state index contributed by atoms with van der Waals surface area (Å²) in [6, 6.07) is 0. The van der Waals surface area contributed by atoms with Crippen LogP contribution in [0.15, 0.2) is 17.4 Å². The molecular formula is C5H8N2. The van der Waals surface area contributed by atoms with Gasteiger partial charge in [-0.3, -0.25) is 5.43 Å². The summed E-state index contributed by atoms with van der Waals surface area (Å²) in [6.07, 6.45) is 0.917. The lowest BCUT2D eigenvalue weighted by Crippen LogP contribution is -1.92. The van der Waals surface area contributed by atoms with Gasteiger partial charge in [0.1, 0.15) is 0 Å². The molecule has 0 fully saturated rings. The Kier molecular flexibility index (Phi) is 0.855. The Morgan fingerprint density at radius 3 is 2.71 bits per heavy atom. The Labute approximate surface area is 42.9 Å². The molecule has 0 saturated carbocycles. The lowest BCUT2D eigenvalue weighted by atomic mass is 10.3. The number of nitrogens with one attached hydrogen (secondary N) is 1. The molecule has 0 aromatic heterocycles. The molecule has 2 heteroatoms. The van der Waals surface area contributed by atoms with Crippen LogP contribution in [-0.2, 0) is 0 Å². The van der Waals surface area contributed by atoms with E-state index in [2.05, 4.69) is 17.1 Å². The normalized spacial score (nSPS) is 19.0. The van der Waals surface area contributed by atoms with E-state index in [9.17, 15) is 0 Å². The molecule has 1 rings (SSSR count). The van der Waals surface area contributed by atoms with Gasteiger partial charge in [0.2, 0.25) is 0 Å². The molecule has 38 valence electrons. The van der Waals surface area contributed by atoms with Crippen LogP contribution in [0.3, 0.4) is 0 Å². The van der Waals surface area contributed by atoms with Crippen molar-refractivity contribution in [1.29, 1.82) is 0 Å². The third kappa shape index (κ3) is 0.796. The highest BCUT2D eigenvalue weighted by atomic mass is 15.3. The first kappa shape index (κ1) is 4.37. The maximum Gasteiger partial charge on any atom is 0.0410 e. The van der Waals surface area contributed by atoms with Crippen molar-refractivity contribution in [3.05, 3.63) is 12.3 Å². The lowest BCUT2D eigenvalue weighted by Gasteiger charge is -1.85. The summed E-state index contributed by atoms with van der Waals surface area (Å²) in [5.41, 5.74) is 4.88. The van der Waals surface area contributed by atoms with Gasteiger partial charge in [0, 0.05) is 17.8 Å². The second-order valence-corrected chi connectivity index (χ2v) is 1.74. The molecule has 0 spiro atoms. The van der Waals surface area contributed by atoms with E-state index in [1.165, 1.54) is 0 Å². The largest absolute Gasteiger partial charge is 0.283 e. The summed E-state index contributed by atoms with van der Waals surface area (Å²) in [4.78, 5) is 0. The molecule has 0 aromatic carbocycles. The molecule has 0 saturated heterocycles. The highest BCUT2D eigenvalue weighted by molar-refractivity contribution is 5.85. The van der Waals surface area contributed by atoms with E-state index in [4.69, 9.17) is 0 Å². The number of hydrogen-bond acceptors (Lipinski definition) is 2. The molecule has 0 aromatic rings. The number of nitrogens with zero attached hydrogens (tertiary/aromatic N) is 1. The van der Waals surface area contributed by atoms with Crippen LogP contribution in [0.5, 0.6) is 0 Å². The van der Waals surface area contributed by atoms with Crippen LogP contribution in [-0.4, -0.2) is 5.71 Å². The molecule has 2 nitrogen and oxygen atoms in total. The van der Waals surface area contributed by atoms with Gasteiger partial charge in [-0.05, 0) is 6.92 Å². The van der Waals surface area contributed by atoms with Gasteiger partial charge in [0.05, 0.1) is 0 Å². The zero-order valence-corrected chi connectivity index (χ0v) is 4.36. The molecule has 0 unspecified atom stereocenters. The van der Waals surface area contributed by atoms with Crippen LogP contribution >= 0.6 is 0 Å². The minimum absolute atomic E-state index is 0.917. The van der Waals surface area contributed by atoms with E-state index in [-0.39, 0.29) is 0 Å². The minimum Gasteiger partial charge on any atom is -0.283 e. The number of hydrazone groups is 1.